The van der Waals surface area contributed by atoms with Gasteiger partial charge in [0, 0.05) is 22.4 Å². The molecule has 1 unspecified atom stereocenters. The van der Waals surface area contributed by atoms with E-state index in [0.717, 1.165) is 67.2 Å². The van der Waals surface area contributed by atoms with Gasteiger partial charge >= 0.3 is 5.97 Å². The minimum absolute atomic E-state index is 0.0206. The molecule has 1 atom stereocenters. The van der Waals surface area contributed by atoms with E-state index in [2.05, 4.69) is 55.3 Å². The Labute approximate surface area is 235 Å². The molecule has 40 heavy (non-hydrogen) atoms. The predicted octanol–water partition coefficient (Wildman–Crippen LogP) is 5.30. The van der Waals surface area contributed by atoms with Gasteiger partial charge in [-0.05, 0) is 82.6 Å². The Morgan fingerprint density at radius 3 is 2.48 bits per heavy atom. The van der Waals surface area contributed by atoms with Crippen molar-refractivity contribution in [2.24, 2.45) is 5.92 Å². The summed E-state index contributed by atoms with van der Waals surface area (Å²) in [6.45, 7) is 6.93. The summed E-state index contributed by atoms with van der Waals surface area (Å²) >= 11 is 0. The van der Waals surface area contributed by atoms with E-state index >= 15 is 0 Å². The summed E-state index contributed by atoms with van der Waals surface area (Å²) in [6, 6.07) is 12.5. The Kier molecular flexibility index (Phi) is 6.70. The van der Waals surface area contributed by atoms with E-state index < -0.39 is 0 Å². The lowest BCUT2D eigenvalue weighted by molar-refractivity contribution is -0.146. The number of fused-ring (bicyclic) bond motifs is 2. The van der Waals surface area contributed by atoms with Gasteiger partial charge in [0.15, 0.2) is 0 Å². The van der Waals surface area contributed by atoms with Crippen LogP contribution in [0.5, 0.6) is 0 Å². The van der Waals surface area contributed by atoms with Gasteiger partial charge in [0.1, 0.15) is 0 Å². The first kappa shape index (κ1) is 26.6. The number of rotatable bonds is 6. The van der Waals surface area contributed by atoms with Crippen LogP contribution in [-0.2, 0) is 19.7 Å². The minimum Gasteiger partial charge on any atom is -0.469 e. The second kappa shape index (κ2) is 10.1. The zero-order chi connectivity index (χ0) is 28.1. The van der Waals surface area contributed by atoms with Gasteiger partial charge in [0.25, 0.3) is 5.91 Å². The molecule has 7 rings (SSSR count). The van der Waals surface area contributed by atoms with Gasteiger partial charge in [-0.3, -0.25) is 14.3 Å². The molecule has 1 amide bonds. The third kappa shape index (κ3) is 4.49. The van der Waals surface area contributed by atoms with Crippen LogP contribution in [0.25, 0.3) is 10.9 Å². The van der Waals surface area contributed by atoms with Crippen molar-refractivity contribution in [2.75, 3.05) is 13.7 Å². The number of nitrogens with zero attached hydrogens (tertiary/aromatic N) is 2. The molecule has 4 fully saturated rings. The average molecular weight is 540 g/mol. The van der Waals surface area contributed by atoms with Gasteiger partial charge in [-0.2, -0.15) is 5.10 Å². The molecule has 0 radical (unpaired) electrons. The first-order chi connectivity index (χ1) is 19.3. The minimum atomic E-state index is -0.160. The lowest BCUT2D eigenvalue weighted by atomic mass is 9.60. The fraction of sp³-hybridized carbons (Fsp3) is 0.485. The van der Waals surface area contributed by atoms with E-state index in [4.69, 9.17) is 14.6 Å². The summed E-state index contributed by atoms with van der Waals surface area (Å²) in [7, 11) is 1.43. The molecule has 2 bridgehead atoms. The molecular formula is C33H37N3O4. The molecule has 2 saturated carbocycles. The quantitative estimate of drug-likeness (QED) is 0.340. The molecule has 4 aliphatic rings. The van der Waals surface area contributed by atoms with Crippen LogP contribution in [0.2, 0.25) is 0 Å². The zero-order valence-corrected chi connectivity index (χ0v) is 23.8. The molecule has 7 heteroatoms. The highest BCUT2D eigenvalue weighted by molar-refractivity contribution is 6.07. The highest BCUT2D eigenvalue weighted by atomic mass is 16.5. The van der Waals surface area contributed by atoms with Gasteiger partial charge in [-0.15, -0.1) is 5.92 Å². The summed E-state index contributed by atoms with van der Waals surface area (Å²) in [5.74, 6) is 5.79. The van der Waals surface area contributed by atoms with Crippen LogP contribution in [0.15, 0.2) is 42.6 Å². The number of hydrogen-bond acceptors (Lipinski definition) is 5. The van der Waals surface area contributed by atoms with Gasteiger partial charge < -0.3 is 14.8 Å². The first-order valence-corrected chi connectivity index (χ1v) is 14.3. The second-order valence-corrected chi connectivity index (χ2v) is 12.1. The molecule has 2 aliphatic carbocycles. The Balaban J connectivity index is 1.27. The predicted molar refractivity (Wildman–Crippen MR) is 153 cm³/mol. The summed E-state index contributed by atoms with van der Waals surface area (Å²) in [5.41, 5.74) is 4.91. The van der Waals surface area contributed by atoms with Crippen molar-refractivity contribution in [3.8, 4) is 11.8 Å². The number of ether oxygens (including phenoxy) is 2. The number of methoxy groups -OCH3 is 1. The molecule has 0 spiro atoms. The van der Waals surface area contributed by atoms with Crippen LogP contribution in [0.4, 0.5) is 0 Å². The third-order valence-electron chi connectivity index (χ3n) is 9.35. The Hall–Kier alpha value is -3.63. The van der Waals surface area contributed by atoms with Gasteiger partial charge in [-0.1, -0.05) is 30.2 Å². The van der Waals surface area contributed by atoms with Crippen LogP contribution in [-0.4, -0.2) is 47.0 Å². The van der Waals surface area contributed by atoms with E-state index in [0.29, 0.717) is 5.56 Å². The fourth-order valence-corrected chi connectivity index (χ4v) is 7.23. The number of nitrogens with one attached hydrogen (secondary N) is 1. The maximum absolute atomic E-state index is 13.6. The Morgan fingerprint density at radius 2 is 1.85 bits per heavy atom. The molecule has 3 heterocycles. The standard InChI is InChI=1S/C33H37N3O4/c1-5-6-23-11-16-27(30(37)35-26-14-9-24(10-15-26)31(38)39-4)29-28(23)17-34-36(29)21(2)22-7-12-25(13-8-22)33-18-32(3,19-33)40-20-33/h7-8,11-13,16-17,21,24,26H,9-10,14-15,18-20H2,1-4H3,(H,35,37). The number of esters is 1. The lowest BCUT2D eigenvalue weighted by Crippen LogP contribution is -2.44. The maximum atomic E-state index is 13.6. The number of amides is 1. The normalized spacial score (nSPS) is 27.8. The number of carbonyl (C=O) groups is 2. The highest BCUT2D eigenvalue weighted by Gasteiger charge is 2.60. The van der Waals surface area contributed by atoms with E-state index in [1.165, 1.54) is 12.7 Å². The molecule has 2 aliphatic heterocycles. The average Bonchev–Trinajstić information content (AvgIpc) is 3.65. The summed E-state index contributed by atoms with van der Waals surface area (Å²) < 4.78 is 12.9. The summed E-state index contributed by atoms with van der Waals surface area (Å²) in [5, 5.41) is 8.86. The largest absolute Gasteiger partial charge is 0.469 e. The monoisotopic (exact) mass is 539 g/mol. The van der Waals surface area contributed by atoms with E-state index in [-0.39, 0.29) is 40.9 Å². The van der Waals surface area contributed by atoms with Crippen LogP contribution < -0.4 is 5.32 Å². The van der Waals surface area contributed by atoms with Gasteiger partial charge in [-0.25, -0.2) is 0 Å². The zero-order valence-electron chi connectivity index (χ0n) is 23.8. The number of benzene rings is 2. The Bertz CT molecular complexity index is 1510. The molecule has 1 aromatic heterocycles. The van der Waals surface area contributed by atoms with Crippen molar-refractivity contribution in [3.63, 3.8) is 0 Å². The fourth-order valence-electron chi connectivity index (χ4n) is 7.23. The molecular weight excluding hydrogens is 502 g/mol. The number of carbonyl (C=O) groups excluding carboxylic acids is 2. The summed E-state index contributed by atoms with van der Waals surface area (Å²) in [6.07, 6.45) is 6.93. The lowest BCUT2D eigenvalue weighted by Gasteiger charge is -2.42. The van der Waals surface area contributed by atoms with Crippen molar-refractivity contribution in [1.29, 1.82) is 0 Å². The SMILES string of the molecule is CC#Cc1ccc(C(=O)NC2CCC(C(=O)OC)CC2)c2c1cnn2C(C)c1ccc(C23COC(C)(C2)C3)cc1. The van der Waals surface area contributed by atoms with E-state index in [1.54, 1.807) is 0 Å². The second-order valence-electron chi connectivity index (χ2n) is 12.1. The van der Waals surface area contributed by atoms with Crippen molar-refractivity contribution in [3.05, 3.63) is 64.8 Å². The highest BCUT2D eigenvalue weighted by Crippen LogP contribution is 2.58. The molecule has 2 aromatic carbocycles. The molecule has 208 valence electrons. The van der Waals surface area contributed by atoms with E-state index in [1.807, 2.05) is 29.9 Å². The van der Waals surface area contributed by atoms with Crippen LogP contribution in [0.1, 0.15) is 92.4 Å². The first-order valence-electron chi connectivity index (χ1n) is 14.3. The summed E-state index contributed by atoms with van der Waals surface area (Å²) in [4.78, 5) is 25.6. The van der Waals surface area contributed by atoms with Crippen molar-refractivity contribution in [2.45, 2.75) is 82.4 Å². The topological polar surface area (TPSA) is 82.5 Å². The van der Waals surface area contributed by atoms with Crippen LogP contribution in [0, 0.1) is 17.8 Å². The van der Waals surface area contributed by atoms with E-state index in [9.17, 15) is 9.59 Å². The maximum Gasteiger partial charge on any atom is 0.308 e. The van der Waals surface area contributed by atoms with Crippen molar-refractivity contribution < 1.29 is 19.1 Å². The number of aromatic nitrogens is 2. The molecule has 1 N–H and O–H groups in total. The van der Waals surface area contributed by atoms with Crippen molar-refractivity contribution in [1.82, 2.24) is 15.1 Å². The third-order valence-corrected chi connectivity index (χ3v) is 9.35. The Morgan fingerprint density at radius 1 is 1.12 bits per heavy atom. The smallest absolute Gasteiger partial charge is 0.308 e. The van der Waals surface area contributed by atoms with Crippen LogP contribution in [0.3, 0.4) is 0 Å². The molecule has 7 nitrogen and oxygen atoms in total. The van der Waals surface area contributed by atoms with Gasteiger partial charge in [0.2, 0.25) is 0 Å². The molecule has 2 saturated heterocycles. The molecule has 3 aromatic rings. The number of hydrogen-bond donors (Lipinski definition) is 1. The van der Waals surface area contributed by atoms with Gasteiger partial charge in [0.05, 0.1) is 48.6 Å². The van der Waals surface area contributed by atoms with Crippen molar-refractivity contribution >= 4 is 22.8 Å². The van der Waals surface area contributed by atoms with Crippen LogP contribution >= 0.6 is 0 Å².